The molecule has 0 saturated carbocycles. The summed E-state index contributed by atoms with van der Waals surface area (Å²) in [5.74, 6) is 0.878. The number of ether oxygens (including phenoxy) is 2. The molecule has 7 nitrogen and oxygen atoms in total. The largest absolute Gasteiger partial charge is 1.00 e. The average Bonchev–Trinajstić information content (AvgIpc) is 3.14. The zero-order chi connectivity index (χ0) is 24.9. The van der Waals surface area contributed by atoms with Gasteiger partial charge in [0.1, 0.15) is 24.2 Å². The smallest absolute Gasteiger partial charge is 0.585 e. The number of carbonyl (C=O) groups is 2. The van der Waals surface area contributed by atoms with Gasteiger partial charge in [-0.1, -0.05) is 42.1 Å². The first-order valence-corrected chi connectivity index (χ1v) is 12.2. The Kier molecular flexibility index (Phi) is 9.99. The fraction of sp³-hybridized carbons (Fsp3) is 0.296. The topological polar surface area (TPSA) is 99.8 Å². The summed E-state index contributed by atoms with van der Waals surface area (Å²) in [4.78, 5) is 27.6. The van der Waals surface area contributed by atoms with Crippen molar-refractivity contribution in [1.82, 2.24) is 4.98 Å². The molecule has 1 saturated heterocycles. The predicted octanol–water partition coefficient (Wildman–Crippen LogP) is 2.31. The second-order valence-electron chi connectivity index (χ2n) is 8.36. The summed E-state index contributed by atoms with van der Waals surface area (Å²) in [6.45, 7) is 6.64. The minimum atomic E-state index is -0.434. The molecule has 1 aliphatic rings. The molecule has 3 aromatic rings. The number of aliphatic hydroxyl groups is 1. The number of pyridine rings is 1. The third kappa shape index (κ3) is 6.69. The maximum Gasteiger partial charge on any atom is 1.00 e. The van der Waals surface area contributed by atoms with E-state index in [2.05, 4.69) is 23.3 Å². The van der Waals surface area contributed by atoms with E-state index in [0.29, 0.717) is 18.9 Å². The van der Waals surface area contributed by atoms with E-state index in [0.717, 1.165) is 56.6 Å². The van der Waals surface area contributed by atoms with Gasteiger partial charge in [-0.25, -0.2) is 4.98 Å². The van der Waals surface area contributed by atoms with Crippen LogP contribution in [-0.2, 0) is 17.8 Å². The molecule has 0 aliphatic carbocycles. The third-order valence-corrected chi connectivity index (χ3v) is 6.84. The average molecular weight is 515 g/mol. The third-order valence-electron chi connectivity index (χ3n) is 5.89. The minimum Gasteiger partial charge on any atom is -0.585 e. The van der Waals surface area contributed by atoms with Gasteiger partial charge >= 0.3 is 29.6 Å². The van der Waals surface area contributed by atoms with E-state index in [1.807, 2.05) is 56.3 Å². The number of aliphatic hydroxyl groups excluding tert-OH is 1. The summed E-state index contributed by atoms with van der Waals surface area (Å²) >= 11 is 0.979. The number of nitrogens with zero attached hydrogens (tertiary/aromatic N) is 2. The maximum atomic E-state index is 11.7. The fourth-order valence-electron chi connectivity index (χ4n) is 4.12. The molecule has 9 heteroatoms. The van der Waals surface area contributed by atoms with E-state index in [1.54, 1.807) is 0 Å². The van der Waals surface area contributed by atoms with Crippen LogP contribution in [0.5, 0.6) is 11.6 Å². The molecular formula is C27H27N2NaO5S. The molecule has 2 amide bonds. The fourth-order valence-corrected chi connectivity index (χ4v) is 4.94. The molecule has 1 N–H and O–H groups in total. The molecule has 4 rings (SSSR count). The summed E-state index contributed by atoms with van der Waals surface area (Å²) in [5.41, 5.74) is 7.21. The van der Waals surface area contributed by atoms with Crippen LogP contribution in [0, 0.1) is 20.8 Å². The number of hydrogen-bond donors (Lipinski definition) is 1. The number of aromatic nitrogens is 1. The van der Waals surface area contributed by atoms with Gasteiger partial charge < -0.3 is 29.5 Å². The SMILES string of the molecule is Cc1cc(OCCO)nc(C)c1-c1cccc(COc2ccc(CC3SC(=O)[N-]C3=O)cc2)c1C.[Na+]. The molecule has 1 aliphatic heterocycles. The van der Waals surface area contributed by atoms with Gasteiger partial charge in [0.05, 0.1) is 17.8 Å². The number of hydrogen-bond acceptors (Lipinski definition) is 7. The van der Waals surface area contributed by atoms with Crippen LogP contribution in [-0.4, -0.2) is 39.7 Å². The Balaban J connectivity index is 0.00000361. The number of rotatable bonds is 9. The van der Waals surface area contributed by atoms with Crippen molar-refractivity contribution >= 4 is 22.9 Å². The quantitative estimate of drug-likeness (QED) is 0.438. The molecule has 0 radical (unpaired) electrons. The minimum absolute atomic E-state index is 0. The van der Waals surface area contributed by atoms with Crippen LogP contribution in [0.1, 0.15) is 27.9 Å². The van der Waals surface area contributed by atoms with Gasteiger partial charge in [0.15, 0.2) is 0 Å². The van der Waals surface area contributed by atoms with E-state index in [9.17, 15) is 9.59 Å². The first-order chi connectivity index (χ1) is 16.9. The van der Waals surface area contributed by atoms with E-state index < -0.39 is 10.5 Å². The summed E-state index contributed by atoms with van der Waals surface area (Å²) < 4.78 is 11.5. The summed E-state index contributed by atoms with van der Waals surface area (Å²) in [7, 11) is 0. The number of imide groups is 1. The number of carbonyl (C=O) groups excluding carboxylic acids is 2. The standard InChI is InChI=1S/C27H28N2O5S.Na/c1-16-13-24(33-12-11-30)28-18(3)25(16)22-6-4-5-20(17(22)2)15-34-21-9-7-19(8-10-21)14-23-26(31)29-27(32)35-23;/h4-10,13,23,30H,11-12,14-15H2,1-3H3,(H,29,31,32);/q;+1/p-1. The molecule has 2 heterocycles. The van der Waals surface area contributed by atoms with E-state index in [1.165, 1.54) is 0 Å². The summed E-state index contributed by atoms with van der Waals surface area (Å²) in [6.07, 6.45) is 0.469. The van der Waals surface area contributed by atoms with Crippen LogP contribution in [0.3, 0.4) is 0 Å². The second-order valence-corrected chi connectivity index (χ2v) is 9.51. The van der Waals surface area contributed by atoms with Gasteiger partial charge in [0.2, 0.25) is 5.88 Å². The van der Waals surface area contributed by atoms with Crippen LogP contribution < -0.4 is 39.0 Å². The molecular weight excluding hydrogens is 487 g/mol. The second kappa shape index (κ2) is 12.7. The monoisotopic (exact) mass is 514 g/mol. The van der Waals surface area contributed by atoms with Gasteiger partial charge in [0, 0.05) is 17.3 Å². The summed E-state index contributed by atoms with van der Waals surface area (Å²) in [6, 6.07) is 15.6. The van der Waals surface area contributed by atoms with Crippen LogP contribution >= 0.6 is 11.8 Å². The molecule has 1 aromatic heterocycles. The van der Waals surface area contributed by atoms with Gasteiger partial charge in [-0.3, -0.25) is 0 Å². The van der Waals surface area contributed by atoms with Crippen LogP contribution in [0.2, 0.25) is 0 Å². The van der Waals surface area contributed by atoms with Crippen LogP contribution in [0.15, 0.2) is 48.5 Å². The Labute approximate surface area is 237 Å². The Hall–Kier alpha value is -2.36. The van der Waals surface area contributed by atoms with Crippen molar-refractivity contribution in [1.29, 1.82) is 0 Å². The molecule has 1 unspecified atom stereocenters. The number of benzene rings is 2. The van der Waals surface area contributed by atoms with Crippen molar-refractivity contribution in [3.05, 3.63) is 81.8 Å². The van der Waals surface area contributed by atoms with Crippen molar-refractivity contribution in [3.8, 4) is 22.8 Å². The van der Waals surface area contributed by atoms with E-state index in [4.69, 9.17) is 14.6 Å². The number of amides is 2. The molecule has 182 valence electrons. The van der Waals surface area contributed by atoms with Crippen molar-refractivity contribution in [2.24, 2.45) is 0 Å². The summed E-state index contributed by atoms with van der Waals surface area (Å²) in [5, 5.41) is 11.6. The van der Waals surface area contributed by atoms with Gasteiger partial charge in [-0.15, -0.1) is 0 Å². The van der Waals surface area contributed by atoms with Gasteiger partial charge in [0.25, 0.3) is 0 Å². The van der Waals surface area contributed by atoms with E-state index in [-0.39, 0.29) is 48.7 Å². The van der Waals surface area contributed by atoms with Crippen LogP contribution in [0.25, 0.3) is 16.4 Å². The van der Waals surface area contributed by atoms with E-state index >= 15 is 0 Å². The molecule has 1 atom stereocenters. The van der Waals surface area contributed by atoms with Gasteiger partial charge in [-0.05, 0) is 67.1 Å². The number of aryl methyl sites for hydroxylation is 2. The molecule has 0 spiro atoms. The zero-order valence-electron chi connectivity index (χ0n) is 20.9. The maximum absolute atomic E-state index is 11.7. The molecule has 36 heavy (non-hydrogen) atoms. The Bertz CT molecular complexity index is 1230. The molecule has 0 bridgehead atoms. The van der Waals surface area contributed by atoms with Crippen molar-refractivity contribution in [2.75, 3.05) is 13.2 Å². The first-order valence-electron chi connectivity index (χ1n) is 11.3. The van der Waals surface area contributed by atoms with Gasteiger partial charge in [-0.2, -0.15) is 0 Å². The predicted molar refractivity (Wildman–Crippen MR) is 136 cm³/mol. The van der Waals surface area contributed by atoms with Crippen molar-refractivity contribution in [3.63, 3.8) is 0 Å². The normalized spacial score (nSPS) is 14.8. The molecule has 2 aromatic carbocycles. The Morgan fingerprint density at radius 3 is 2.44 bits per heavy atom. The van der Waals surface area contributed by atoms with Crippen LogP contribution in [0.4, 0.5) is 4.79 Å². The molecule has 1 fully saturated rings. The zero-order valence-corrected chi connectivity index (χ0v) is 23.7. The number of thioether (sulfide) groups is 1. The Morgan fingerprint density at radius 2 is 1.81 bits per heavy atom. The Morgan fingerprint density at radius 1 is 1.06 bits per heavy atom. The van der Waals surface area contributed by atoms with Crippen molar-refractivity contribution < 1.29 is 53.7 Å². The first kappa shape index (κ1) is 28.2. The van der Waals surface area contributed by atoms with Crippen molar-refractivity contribution in [2.45, 2.75) is 39.0 Å².